The molecule has 4 rings (SSSR count). The number of aliphatic imine (C=N–C) groups is 1. The molecular formula is C14H16N2O2S. The summed E-state index contributed by atoms with van der Waals surface area (Å²) in [6.07, 6.45) is 2.76. The van der Waals surface area contributed by atoms with Crippen LogP contribution in [0, 0.1) is 5.92 Å². The minimum Gasteiger partial charge on any atom is -0.486 e. The first-order valence-electron chi connectivity index (χ1n) is 6.76. The molecule has 0 saturated heterocycles. The Balaban J connectivity index is 1.45. The van der Waals surface area contributed by atoms with Crippen LogP contribution in [0.3, 0.4) is 0 Å². The standard InChI is InChI=1S/C14H16N2O2S/c1-2-9(1)13-8-15-14(19-13)16-10-3-4-11-12(7-10)18-6-5-17-11/h3-4,7,9,13H,1-2,5-6,8H2,(H,15,16). The quantitative estimate of drug-likeness (QED) is 0.902. The zero-order valence-electron chi connectivity index (χ0n) is 10.6. The lowest BCUT2D eigenvalue weighted by Gasteiger charge is -2.19. The molecular weight excluding hydrogens is 260 g/mol. The van der Waals surface area contributed by atoms with Gasteiger partial charge in [-0.25, -0.2) is 0 Å². The molecule has 19 heavy (non-hydrogen) atoms. The first kappa shape index (κ1) is 11.5. The molecule has 3 aliphatic rings. The third-order valence-electron chi connectivity index (χ3n) is 3.62. The second-order valence-corrected chi connectivity index (χ2v) is 6.35. The van der Waals surface area contributed by atoms with Crippen molar-refractivity contribution in [2.75, 3.05) is 25.1 Å². The zero-order valence-corrected chi connectivity index (χ0v) is 11.4. The van der Waals surface area contributed by atoms with Crippen LogP contribution in [0.5, 0.6) is 11.5 Å². The Bertz CT molecular complexity index is 528. The lowest BCUT2D eigenvalue weighted by Crippen LogP contribution is -2.15. The molecule has 0 amide bonds. The monoisotopic (exact) mass is 276 g/mol. The minimum atomic E-state index is 0.621. The molecule has 0 bridgehead atoms. The maximum Gasteiger partial charge on any atom is 0.163 e. The predicted octanol–water partition coefficient (Wildman–Crippen LogP) is 2.75. The number of benzene rings is 1. The SMILES string of the molecule is c1cc2c(cc1NC1=NCC(C3CC3)S1)OCCO2. The van der Waals surface area contributed by atoms with E-state index in [1.807, 2.05) is 30.0 Å². The van der Waals surface area contributed by atoms with Crippen molar-refractivity contribution in [3.63, 3.8) is 0 Å². The van der Waals surface area contributed by atoms with Crippen molar-refractivity contribution in [3.8, 4) is 11.5 Å². The van der Waals surface area contributed by atoms with Crippen molar-refractivity contribution in [2.45, 2.75) is 18.1 Å². The number of hydrogen-bond acceptors (Lipinski definition) is 5. The second kappa shape index (κ2) is 4.63. The van der Waals surface area contributed by atoms with Crippen LogP contribution in [-0.2, 0) is 0 Å². The maximum absolute atomic E-state index is 5.59. The summed E-state index contributed by atoms with van der Waals surface area (Å²) in [6.45, 7) is 2.21. The van der Waals surface area contributed by atoms with Crippen LogP contribution in [0.4, 0.5) is 5.69 Å². The Hall–Kier alpha value is -1.36. The number of thioether (sulfide) groups is 1. The van der Waals surface area contributed by atoms with Gasteiger partial charge in [0, 0.05) is 17.0 Å². The number of ether oxygens (including phenoxy) is 2. The lowest BCUT2D eigenvalue weighted by atomic mass is 10.2. The Morgan fingerprint density at radius 2 is 2.00 bits per heavy atom. The van der Waals surface area contributed by atoms with Crippen molar-refractivity contribution >= 4 is 22.6 Å². The fourth-order valence-corrected chi connectivity index (χ4v) is 3.64. The predicted molar refractivity (Wildman–Crippen MR) is 77.5 cm³/mol. The number of fused-ring (bicyclic) bond motifs is 1. The molecule has 1 unspecified atom stereocenters. The molecule has 0 aromatic heterocycles. The van der Waals surface area contributed by atoms with E-state index >= 15 is 0 Å². The van der Waals surface area contributed by atoms with Gasteiger partial charge >= 0.3 is 0 Å². The van der Waals surface area contributed by atoms with Crippen LogP contribution in [0.1, 0.15) is 12.8 Å². The van der Waals surface area contributed by atoms with Crippen molar-refractivity contribution in [1.29, 1.82) is 0 Å². The topological polar surface area (TPSA) is 42.9 Å². The van der Waals surface area contributed by atoms with Gasteiger partial charge in [-0.05, 0) is 30.9 Å². The maximum atomic E-state index is 5.59. The first-order chi connectivity index (χ1) is 9.38. The van der Waals surface area contributed by atoms with Gasteiger partial charge in [0.2, 0.25) is 0 Å². The van der Waals surface area contributed by atoms with Crippen molar-refractivity contribution < 1.29 is 9.47 Å². The average Bonchev–Trinajstić information content (AvgIpc) is 3.20. The highest BCUT2D eigenvalue weighted by Gasteiger charge is 2.35. The fraction of sp³-hybridized carbons (Fsp3) is 0.500. The number of nitrogens with zero attached hydrogens (tertiary/aromatic N) is 1. The molecule has 5 heteroatoms. The highest BCUT2D eigenvalue weighted by Crippen LogP contribution is 2.42. The van der Waals surface area contributed by atoms with Crippen LogP contribution in [0.2, 0.25) is 0 Å². The highest BCUT2D eigenvalue weighted by molar-refractivity contribution is 8.15. The van der Waals surface area contributed by atoms with Crippen LogP contribution < -0.4 is 14.8 Å². The molecule has 2 heterocycles. The number of nitrogens with one attached hydrogen (secondary N) is 1. The molecule has 1 aromatic carbocycles. The van der Waals surface area contributed by atoms with E-state index in [2.05, 4.69) is 10.3 Å². The summed E-state index contributed by atoms with van der Waals surface area (Å²) in [5.74, 6) is 2.54. The Morgan fingerprint density at radius 1 is 1.16 bits per heavy atom. The van der Waals surface area contributed by atoms with Gasteiger partial charge in [-0.1, -0.05) is 11.8 Å². The zero-order chi connectivity index (χ0) is 12.7. The molecule has 1 fully saturated rings. The van der Waals surface area contributed by atoms with E-state index in [0.29, 0.717) is 18.5 Å². The van der Waals surface area contributed by atoms with Gasteiger partial charge in [0.15, 0.2) is 16.7 Å². The summed E-state index contributed by atoms with van der Waals surface area (Å²) in [5, 5.41) is 5.11. The van der Waals surface area contributed by atoms with Crippen molar-refractivity contribution in [1.82, 2.24) is 0 Å². The Kier molecular flexibility index (Phi) is 2.80. The smallest absolute Gasteiger partial charge is 0.163 e. The molecule has 1 saturated carbocycles. The number of amidine groups is 1. The first-order valence-corrected chi connectivity index (χ1v) is 7.64. The molecule has 100 valence electrons. The summed E-state index contributed by atoms with van der Waals surface area (Å²) in [4.78, 5) is 4.58. The van der Waals surface area contributed by atoms with Crippen molar-refractivity contribution in [3.05, 3.63) is 18.2 Å². The number of rotatable bonds is 2. The Morgan fingerprint density at radius 3 is 2.84 bits per heavy atom. The van der Waals surface area contributed by atoms with Crippen LogP contribution >= 0.6 is 11.8 Å². The van der Waals surface area contributed by atoms with Crippen molar-refractivity contribution in [2.24, 2.45) is 10.9 Å². The molecule has 0 spiro atoms. The minimum absolute atomic E-state index is 0.621. The molecule has 1 aromatic rings. The van der Waals surface area contributed by atoms with Gasteiger partial charge in [0.1, 0.15) is 13.2 Å². The number of hydrogen-bond donors (Lipinski definition) is 1. The lowest BCUT2D eigenvalue weighted by molar-refractivity contribution is 0.171. The largest absolute Gasteiger partial charge is 0.486 e. The molecule has 2 aliphatic heterocycles. The highest BCUT2D eigenvalue weighted by atomic mass is 32.2. The van der Waals surface area contributed by atoms with E-state index in [1.54, 1.807) is 0 Å². The molecule has 1 atom stereocenters. The summed E-state index contributed by atoms with van der Waals surface area (Å²) in [6, 6.07) is 5.96. The number of anilines is 1. The average molecular weight is 276 g/mol. The van der Waals surface area contributed by atoms with Crippen LogP contribution in [0.25, 0.3) is 0 Å². The third kappa shape index (κ3) is 2.39. The molecule has 1 aliphatic carbocycles. The van der Waals surface area contributed by atoms with E-state index in [9.17, 15) is 0 Å². The summed E-state index contributed by atoms with van der Waals surface area (Å²) in [5.41, 5.74) is 1.02. The molecule has 1 N–H and O–H groups in total. The third-order valence-corrected chi connectivity index (χ3v) is 4.91. The summed E-state index contributed by atoms with van der Waals surface area (Å²) >= 11 is 1.88. The van der Waals surface area contributed by atoms with Gasteiger partial charge in [-0.15, -0.1) is 0 Å². The molecule has 0 radical (unpaired) electrons. The van der Waals surface area contributed by atoms with E-state index in [4.69, 9.17) is 9.47 Å². The van der Waals surface area contributed by atoms with Crippen LogP contribution in [-0.4, -0.2) is 30.2 Å². The van der Waals surface area contributed by atoms with Gasteiger partial charge in [-0.2, -0.15) is 0 Å². The second-order valence-electron chi connectivity index (χ2n) is 5.12. The van der Waals surface area contributed by atoms with E-state index in [-0.39, 0.29) is 0 Å². The molecule has 4 nitrogen and oxygen atoms in total. The van der Waals surface area contributed by atoms with E-state index in [1.165, 1.54) is 12.8 Å². The summed E-state index contributed by atoms with van der Waals surface area (Å²) in [7, 11) is 0. The van der Waals surface area contributed by atoms with Crippen LogP contribution in [0.15, 0.2) is 23.2 Å². The fourth-order valence-electron chi connectivity index (χ4n) is 2.42. The van der Waals surface area contributed by atoms with Gasteiger partial charge in [0.05, 0.1) is 6.54 Å². The van der Waals surface area contributed by atoms with E-state index < -0.39 is 0 Å². The van der Waals surface area contributed by atoms with Gasteiger partial charge in [0.25, 0.3) is 0 Å². The van der Waals surface area contributed by atoms with Gasteiger partial charge < -0.3 is 14.8 Å². The van der Waals surface area contributed by atoms with E-state index in [0.717, 1.165) is 34.8 Å². The summed E-state index contributed by atoms with van der Waals surface area (Å²) < 4.78 is 11.1. The van der Waals surface area contributed by atoms with Gasteiger partial charge in [-0.3, -0.25) is 4.99 Å². The normalized spacial score (nSPS) is 25.1. The Labute approximate surface area is 116 Å².